The van der Waals surface area contributed by atoms with Gasteiger partial charge in [0.05, 0.1) is 0 Å². The van der Waals surface area contributed by atoms with Gasteiger partial charge in [0.1, 0.15) is 0 Å². The first-order valence-electron chi connectivity index (χ1n) is 9.15. The average Bonchev–Trinajstić information content (AvgIpc) is 2.66. The van der Waals surface area contributed by atoms with Gasteiger partial charge < -0.3 is 9.80 Å². The van der Waals surface area contributed by atoms with Crippen LogP contribution in [0.5, 0.6) is 0 Å². The Bertz CT molecular complexity index is 645. The number of nitrogens with zero attached hydrogens (tertiary/aromatic N) is 2. The monoisotopic (exact) mass is 360 g/mol. The van der Waals surface area contributed by atoms with Crippen molar-refractivity contribution < 1.29 is 9.59 Å². The molecule has 0 N–H and O–H groups in total. The molecule has 2 aliphatic rings. The second kappa shape index (κ2) is 8.52. The van der Waals surface area contributed by atoms with Crippen molar-refractivity contribution in [2.75, 3.05) is 26.2 Å². The molecule has 134 valence electrons. The number of hydrogen-bond acceptors (Lipinski definition) is 2. The van der Waals surface area contributed by atoms with Gasteiger partial charge >= 0.3 is 0 Å². The Morgan fingerprint density at radius 3 is 2.40 bits per heavy atom. The normalized spacial score (nSPS) is 19.4. The van der Waals surface area contributed by atoms with Crippen LogP contribution in [0.4, 0.5) is 0 Å². The highest BCUT2D eigenvalue weighted by Crippen LogP contribution is 2.22. The topological polar surface area (TPSA) is 40.6 Å². The summed E-state index contributed by atoms with van der Waals surface area (Å²) in [5.74, 6) is 0.379. The summed E-state index contributed by atoms with van der Waals surface area (Å²) in [6.45, 7) is 3.12. The highest BCUT2D eigenvalue weighted by molar-refractivity contribution is 6.30. The molecule has 2 amide bonds. The van der Waals surface area contributed by atoms with E-state index in [1.807, 2.05) is 34.1 Å². The molecule has 2 heterocycles. The van der Waals surface area contributed by atoms with Crippen LogP contribution in [-0.4, -0.2) is 47.8 Å². The van der Waals surface area contributed by atoms with Crippen molar-refractivity contribution in [1.82, 2.24) is 9.80 Å². The number of benzene rings is 1. The van der Waals surface area contributed by atoms with Crippen molar-refractivity contribution >= 4 is 29.5 Å². The smallest absolute Gasteiger partial charge is 0.246 e. The van der Waals surface area contributed by atoms with Crippen molar-refractivity contribution in [2.45, 2.75) is 32.1 Å². The number of piperidine rings is 2. The number of likely N-dealkylation sites (tertiary alicyclic amines) is 2. The molecule has 2 fully saturated rings. The van der Waals surface area contributed by atoms with Gasteiger partial charge in [-0.05, 0) is 55.9 Å². The standard InChI is InChI=1S/C20H25ClN2O2/c21-18-6-4-5-16(15-18)7-8-19(24)22-13-9-17(10-14-22)20(25)23-11-2-1-3-12-23/h4-8,15,17H,1-3,9-14H2/b8-7+. The van der Waals surface area contributed by atoms with Crippen LogP contribution in [0, 0.1) is 5.92 Å². The predicted molar refractivity (Wildman–Crippen MR) is 100 cm³/mol. The molecule has 1 aromatic rings. The van der Waals surface area contributed by atoms with Gasteiger partial charge in [0.25, 0.3) is 0 Å². The maximum atomic E-state index is 12.6. The van der Waals surface area contributed by atoms with Crippen LogP contribution in [0.2, 0.25) is 5.02 Å². The summed E-state index contributed by atoms with van der Waals surface area (Å²) in [5, 5.41) is 0.659. The molecule has 0 aliphatic carbocycles. The highest BCUT2D eigenvalue weighted by atomic mass is 35.5. The summed E-state index contributed by atoms with van der Waals surface area (Å²) >= 11 is 5.95. The minimum Gasteiger partial charge on any atom is -0.342 e. The number of amides is 2. The maximum Gasteiger partial charge on any atom is 0.246 e. The molecule has 0 atom stereocenters. The number of halogens is 1. The van der Waals surface area contributed by atoms with Crippen molar-refractivity contribution in [1.29, 1.82) is 0 Å². The van der Waals surface area contributed by atoms with Crippen molar-refractivity contribution in [3.05, 3.63) is 40.9 Å². The van der Waals surface area contributed by atoms with E-state index in [2.05, 4.69) is 0 Å². The molecule has 0 aromatic heterocycles. The van der Waals surface area contributed by atoms with Gasteiger partial charge in [-0.1, -0.05) is 23.7 Å². The van der Waals surface area contributed by atoms with Crippen molar-refractivity contribution in [2.24, 2.45) is 5.92 Å². The molecular weight excluding hydrogens is 336 g/mol. The Morgan fingerprint density at radius 1 is 1.00 bits per heavy atom. The molecule has 0 unspecified atom stereocenters. The van der Waals surface area contributed by atoms with E-state index < -0.39 is 0 Å². The summed E-state index contributed by atoms with van der Waals surface area (Å²) in [6, 6.07) is 7.42. The second-order valence-electron chi connectivity index (χ2n) is 6.87. The van der Waals surface area contributed by atoms with E-state index in [-0.39, 0.29) is 11.8 Å². The molecule has 0 radical (unpaired) electrons. The Balaban J connectivity index is 1.49. The van der Waals surface area contributed by atoms with Crippen LogP contribution in [0.3, 0.4) is 0 Å². The largest absolute Gasteiger partial charge is 0.342 e. The second-order valence-corrected chi connectivity index (χ2v) is 7.31. The van der Waals surface area contributed by atoms with Gasteiger partial charge in [0, 0.05) is 43.2 Å². The minimum atomic E-state index is 0.00356. The summed E-state index contributed by atoms with van der Waals surface area (Å²) in [7, 11) is 0. The third-order valence-electron chi connectivity index (χ3n) is 5.09. The lowest BCUT2D eigenvalue weighted by Crippen LogP contribution is -2.45. The van der Waals surface area contributed by atoms with E-state index in [4.69, 9.17) is 11.6 Å². The molecule has 2 aliphatic heterocycles. The molecule has 4 nitrogen and oxygen atoms in total. The van der Waals surface area contributed by atoms with E-state index in [1.165, 1.54) is 6.42 Å². The molecule has 2 saturated heterocycles. The van der Waals surface area contributed by atoms with Crippen LogP contribution in [-0.2, 0) is 9.59 Å². The molecule has 0 saturated carbocycles. The van der Waals surface area contributed by atoms with Crippen LogP contribution < -0.4 is 0 Å². The molecule has 25 heavy (non-hydrogen) atoms. The van der Waals surface area contributed by atoms with E-state index in [9.17, 15) is 9.59 Å². The quantitative estimate of drug-likeness (QED) is 0.773. The minimum absolute atomic E-state index is 0.00356. The van der Waals surface area contributed by atoms with Gasteiger partial charge in [-0.25, -0.2) is 0 Å². The zero-order valence-electron chi connectivity index (χ0n) is 14.5. The Kier molecular flexibility index (Phi) is 6.14. The summed E-state index contributed by atoms with van der Waals surface area (Å²) < 4.78 is 0. The molecule has 0 spiro atoms. The predicted octanol–water partition coefficient (Wildman–Crippen LogP) is 3.60. The van der Waals surface area contributed by atoms with E-state index >= 15 is 0 Å². The third kappa shape index (κ3) is 4.85. The van der Waals surface area contributed by atoms with Crippen molar-refractivity contribution in [3.63, 3.8) is 0 Å². The Labute approximate surface area is 154 Å². The number of rotatable bonds is 3. The van der Waals surface area contributed by atoms with Gasteiger partial charge in [-0.3, -0.25) is 9.59 Å². The number of carbonyl (C=O) groups is 2. The first-order valence-corrected chi connectivity index (χ1v) is 9.52. The lowest BCUT2D eigenvalue weighted by atomic mass is 9.94. The maximum absolute atomic E-state index is 12.6. The Hall–Kier alpha value is -1.81. The van der Waals surface area contributed by atoms with Crippen molar-refractivity contribution in [3.8, 4) is 0 Å². The summed E-state index contributed by atoms with van der Waals surface area (Å²) in [6.07, 6.45) is 8.40. The summed E-state index contributed by atoms with van der Waals surface area (Å²) in [5.41, 5.74) is 0.913. The first kappa shape index (κ1) is 18.0. The Morgan fingerprint density at radius 2 is 1.72 bits per heavy atom. The average molecular weight is 361 g/mol. The third-order valence-corrected chi connectivity index (χ3v) is 5.33. The lowest BCUT2D eigenvalue weighted by molar-refractivity contribution is -0.140. The van der Waals surface area contributed by atoms with E-state index in [0.29, 0.717) is 24.0 Å². The van der Waals surface area contributed by atoms with Crippen LogP contribution >= 0.6 is 11.6 Å². The number of carbonyl (C=O) groups excluding carboxylic acids is 2. The van der Waals surface area contributed by atoms with Crippen LogP contribution in [0.1, 0.15) is 37.7 Å². The fraction of sp³-hybridized carbons (Fsp3) is 0.500. The fourth-order valence-corrected chi connectivity index (χ4v) is 3.80. The summed E-state index contributed by atoms with van der Waals surface area (Å²) in [4.78, 5) is 28.8. The highest BCUT2D eigenvalue weighted by Gasteiger charge is 2.30. The van der Waals surface area contributed by atoms with Crippen LogP contribution in [0.15, 0.2) is 30.3 Å². The molecular formula is C20H25ClN2O2. The zero-order chi connectivity index (χ0) is 17.6. The first-order chi connectivity index (χ1) is 12.1. The fourth-order valence-electron chi connectivity index (χ4n) is 3.60. The van der Waals surface area contributed by atoms with Gasteiger partial charge in [0.15, 0.2) is 0 Å². The molecule has 1 aromatic carbocycles. The molecule has 3 rings (SSSR count). The lowest BCUT2D eigenvalue weighted by Gasteiger charge is -2.35. The van der Waals surface area contributed by atoms with Gasteiger partial charge in [-0.2, -0.15) is 0 Å². The van der Waals surface area contributed by atoms with Gasteiger partial charge in [-0.15, -0.1) is 0 Å². The van der Waals surface area contributed by atoms with Gasteiger partial charge in [0.2, 0.25) is 11.8 Å². The SMILES string of the molecule is O=C(/C=C/c1cccc(Cl)c1)N1CCC(C(=O)N2CCCCC2)CC1. The van der Waals surface area contributed by atoms with Crippen LogP contribution in [0.25, 0.3) is 6.08 Å². The van der Waals surface area contributed by atoms with E-state index in [0.717, 1.165) is 44.3 Å². The molecule has 0 bridgehead atoms. The zero-order valence-corrected chi connectivity index (χ0v) is 15.3. The van der Waals surface area contributed by atoms with E-state index in [1.54, 1.807) is 12.2 Å². The molecule has 5 heteroatoms. The number of hydrogen-bond donors (Lipinski definition) is 0.